The number of aromatic nitrogens is 1. The zero-order valence-electron chi connectivity index (χ0n) is 10.1. The Morgan fingerprint density at radius 2 is 2.06 bits per heavy atom. The average Bonchev–Trinajstić information content (AvgIpc) is 2.66. The first-order valence-electron chi connectivity index (χ1n) is 5.68. The minimum Gasteiger partial charge on any atom is -0.466 e. The molecule has 18 heavy (non-hydrogen) atoms. The summed E-state index contributed by atoms with van der Waals surface area (Å²) in [6.07, 6.45) is 0.0332. The van der Waals surface area contributed by atoms with Crippen LogP contribution in [0.2, 0.25) is 0 Å². The summed E-state index contributed by atoms with van der Waals surface area (Å²) in [5.74, 6) is -0.372. The van der Waals surface area contributed by atoms with E-state index >= 15 is 0 Å². The molecule has 0 aliphatic rings. The molecule has 0 atom stereocenters. The van der Waals surface area contributed by atoms with E-state index in [1.807, 2.05) is 18.2 Å². The van der Waals surface area contributed by atoms with Gasteiger partial charge in [-0.15, -0.1) is 0 Å². The van der Waals surface area contributed by atoms with Crippen LogP contribution in [-0.2, 0) is 16.0 Å². The van der Waals surface area contributed by atoms with Crippen molar-refractivity contribution in [3.05, 3.63) is 36.0 Å². The third-order valence-corrected chi connectivity index (χ3v) is 2.64. The summed E-state index contributed by atoms with van der Waals surface area (Å²) < 4.78 is 6.21. The number of primary amides is 1. The van der Waals surface area contributed by atoms with Crippen LogP contribution in [0.1, 0.15) is 12.6 Å². The van der Waals surface area contributed by atoms with Crippen molar-refractivity contribution in [2.75, 3.05) is 6.61 Å². The second-order valence-electron chi connectivity index (χ2n) is 3.85. The van der Waals surface area contributed by atoms with Crippen molar-refractivity contribution in [3.8, 4) is 0 Å². The minimum absolute atomic E-state index is 0.0332. The quantitative estimate of drug-likeness (QED) is 0.837. The van der Waals surface area contributed by atoms with Gasteiger partial charge in [0, 0.05) is 11.1 Å². The van der Waals surface area contributed by atoms with Crippen molar-refractivity contribution in [2.45, 2.75) is 13.3 Å². The first kappa shape index (κ1) is 12.2. The highest BCUT2D eigenvalue weighted by Crippen LogP contribution is 2.19. The van der Waals surface area contributed by atoms with Gasteiger partial charge >= 0.3 is 12.0 Å². The molecule has 0 aliphatic heterocycles. The summed E-state index contributed by atoms with van der Waals surface area (Å²) >= 11 is 0. The lowest BCUT2D eigenvalue weighted by Crippen LogP contribution is -2.23. The molecule has 0 spiro atoms. The Morgan fingerprint density at radius 3 is 2.72 bits per heavy atom. The van der Waals surface area contributed by atoms with Crippen LogP contribution in [-0.4, -0.2) is 23.2 Å². The van der Waals surface area contributed by atoms with Gasteiger partial charge in [-0.05, 0) is 19.1 Å². The molecule has 0 bridgehead atoms. The van der Waals surface area contributed by atoms with E-state index < -0.39 is 6.03 Å². The lowest BCUT2D eigenvalue weighted by Gasteiger charge is -2.05. The Kier molecular flexibility index (Phi) is 3.32. The highest BCUT2D eigenvalue weighted by Gasteiger charge is 2.15. The molecule has 2 N–H and O–H groups in total. The molecule has 2 rings (SSSR count). The molecule has 1 heterocycles. The van der Waals surface area contributed by atoms with E-state index in [0.717, 1.165) is 5.39 Å². The number of ether oxygens (including phenoxy) is 1. The molecule has 0 aliphatic carbocycles. The van der Waals surface area contributed by atoms with Gasteiger partial charge in [0.05, 0.1) is 18.5 Å². The normalized spacial score (nSPS) is 10.5. The summed E-state index contributed by atoms with van der Waals surface area (Å²) in [4.78, 5) is 22.9. The predicted octanol–water partition coefficient (Wildman–Crippen LogP) is 1.67. The van der Waals surface area contributed by atoms with Gasteiger partial charge in [-0.1, -0.05) is 18.2 Å². The molecule has 0 saturated heterocycles. The van der Waals surface area contributed by atoms with Crippen LogP contribution in [0.15, 0.2) is 30.3 Å². The molecular formula is C13H14N2O3. The van der Waals surface area contributed by atoms with E-state index in [1.165, 1.54) is 4.57 Å². The Morgan fingerprint density at radius 1 is 1.33 bits per heavy atom. The highest BCUT2D eigenvalue weighted by molar-refractivity contribution is 5.93. The number of esters is 1. The Labute approximate surface area is 104 Å². The second kappa shape index (κ2) is 4.91. The average molecular weight is 246 g/mol. The fourth-order valence-electron chi connectivity index (χ4n) is 1.96. The zero-order chi connectivity index (χ0) is 13.1. The Bertz CT molecular complexity index is 601. The van der Waals surface area contributed by atoms with Gasteiger partial charge in [0.2, 0.25) is 0 Å². The van der Waals surface area contributed by atoms with E-state index in [9.17, 15) is 9.59 Å². The van der Waals surface area contributed by atoms with Gasteiger partial charge in [-0.2, -0.15) is 0 Å². The SMILES string of the molecule is CCOC(=O)Cc1cc2ccccc2n1C(N)=O. The number of hydrogen-bond donors (Lipinski definition) is 1. The number of rotatable bonds is 3. The van der Waals surface area contributed by atoms with E-state index in [4.69, 9.17) is 10.5 Å². The Balaban J connectivity index is 2.46. The fourth-order valence-corrected chi connectivity index (χ4v) is 1.96. The van der Waals surface area contributed by atoms with Gasteiger partial charge in [-0.3, -0.25) is 9.36 Å². The first-order valence-corrected chi connectivity index (χ1v) is 5.68. The van der Waals surface area contributed by atoms with Crippen molar-refractivity contribution < 1.29 is 14.3 Å². The maximum Gasteiger partial charge on any atom is 0.323 e. The largest absolute Gasteiger partial charge is 0.466 e. The monoisotopic (exact) mass is 246 g/mol. The molecule has 5 heteroatoms. The van der Waals surface area contributed by atoms with Crippen LogP contribution in [0.3, 0.4) is 0 Å². The number of nitrogens with two attached hydrogens (primary N) is 1. The van der Waals surface area contributed by atoms with Crippen molar-refractivity contribution in [1.29, 1.82) is 0 Å². The molecule has 0 saturated carbocycles. The molecule has 0 unspecified atom stereocenters. The van der Waals surface area contributed by atoms with Gasteiger partial charge < -0.3 is 10.5 Å². The molecule has 1 aromatic heterocycles. The predicted molar refractivity (Wildman–Crippen MR) is 67.3 cm³/mol. The maximum absolute atomic E-state index is 11.5. The molecule has 5 nitrogen and oxygen atoms in total. The third-order valence-electron chi connectivity index (χ3n) is 2.64. The second-order valence-corrected chi connectivity index (χ2v) is 3.85. The maximum atomic E-state index is 11.5. The molecular weight excluding hydrogens is 232 g/mol. The lowest BCUT2D eigenvalue weighted by atomic mass is 10.2. The minimum atomic E-state index is -0.601. The van der Waals surface area contributed by atoms with Gasteiger partial charge in [0.15, 0.2) is 0 Å². The lowest BCUT2D eigenvalue weighted by molar-refractivity contribution is -0.142. The first-order chi connectivity index (χ1) is 8.63. The van der Waals surface area contributed by atoms with Crippen molar-refractivity contribution in [1.82, 2.24) is 4.57 Å². The summed E-state index contributed by atoms with van der Waals surface area (Å²) in [7, 11) is 0. The fraction of sp³-hybridized carbons (Fsp3) is 0.231. The molecule has 1 amide bonds. The molecule has 2 aromatic rings. The standard InChI is InChI=1S/C13H14N2O3/c1-2-18-12(16)8-10-7-9-5-3-4-6-11(9)15(10)13(14)17/h3-7H,2,8H2,1H3,(H2,14,17). The van der Waals surface area contributed by atoms with Crippen LogP contribution in [0.4, 0.5) is 4.79 Å². The van der Waals surface area contributed by atoms with Crippen molar-refractivity contribution in [2.24, 2.45) is 5.73 Å². The van der Waals surface area contributed by atoms with Gasteiger partial charge in [-0.25, -0.2) is 4.79 Å². The number of benzene rings is 1. The number of fused-ring (bicyclic) bond motifs is 1. The topological polar surface area (TPSA) is 74.3 Å². The molecule has 1 aromatic carbocycles. The van der Waals surface area contributed by atoms with E-state index in [2.05, 4.69) is 0 Å². The van der Waals surface area contributed by atoms with Crippen molar-refractivity contribution in [3.63, 3.8) is 0 Å². The van der Waals surface area contributed by atoms with Crippen LogP contribution >= 0.6 is 0 Å². The Hall–Kier alpha value is -2.30. The number of carbonyl (C=O) groups excluding carboxylic acids is 2. The number of carbonyl (C=O) groups is 2. The smallest absolute Gasteiger partial charge is 0.323 e. The van der Waals surface area contributed by atoms with Crippen LogP contribution in [0.25, 0.3) is 10.9 Å². The van der Waals surface area contributed by atoms with Crippen LogP contribution in [0, 0.1) is 0 Å². The van der Waals surface area contributed by atoms with Crippen molar-refractivity contribution >= 4 is 22.9 Å². The molecule has 0 fully saturated rings. The zero-order valence-corrected chi connectivity index (χ0v) is 10.1. The summed E-state index contributed by atoms with van der Waals surface area (Å²) in [6, 6.07) is 8.50. The molecule has 94 valence electrons. The van der Waals surface area contributed by atoms with Gasteiger partial charge in [0.1, 0.15) is 0 Å². The summed E-state index contributed by atoms with van der Waals surface area (Å²) in [6.45, 7) is 2.05. The number of para-hydroxylation sites is 1. The molecule has 0 radical (unpaired) electrons. The van der Waals surface area contributed by atoms with Gasteiger partial charge in [0.25, 0.3) is 0 Å². The number of hydrogen-bond acceptors (Lipinski definition) is 3. The summed E-state index contributed by atoms with van der Waals surface area (Å²) in [5, 5.41) is 0.871. The van der Waals surface area contributed by atoms with Crippen LogP contribution in [0.5, 0.6) is 0 Å². The highest BCUT2D eigenvalue weighted by atomic mass is 16.5. The summed E-state index contributed by atoms with van der Waals surface area (Å²) in [5.41, 5.74) is 6.59. The van der Waals surface area contributed by atoms with E-state index in [0.29, 0.717) is 17.8 Å². The number of amides is 1. The van der Waals surface area contributed by atoms with Crippen LogP contribution < -0.4 is 5.73 Å². The third kappa shape index (κ3) is 2.20. The number of nitrogens with zero attached hydrogens (tertiary/aromatic N) is 1. The van der Waals surface area contributed by atoms with E-state index in [1.54, 1.807) is 19.1 Å². The van der Waals surface area contributed by atoms with E-state index in [-0.39, 0.29) is 12.4 Å².